The van der Waals surface area contributed by atoms with E-state index in [9.17, 15) is 0 Å². The summed E-state index contributed by atoms with van der Waals surface area (Å²) < 4.78 is 0. The number of rotatable bonds is 3. The lowest BCUT2D eigenvalue weighted by Gasteiger charge is -2.13. The van der Waals surface area contributed by atoms with E-state index in [0.717, 1.165) is 22.5 Å². The van der Waals surface area contributed by atoms with Crippen LogP contribution < -0.4 is 10.2 Å². The van der Waals surface area contributed by atoms with Gasteiger partial charge in [-0.1, -0.05) is 6.92 Å². The highest BCUT2D eigenvalue weighted by molar-refractivity contribution is 7.18. The summed E-state index contributed by atoms with van der Waals surface area (Å²) >= 11 is 1.74. The third-order valence-corrected chi connectivity index (χ3v) is 3.59. The molecule has 0 fully saturated rings. The molecule has 0 aromatic carbocycles. The summed E-state index contributed by atoms with van der Waals surface area (Å²) in [6.45, 7) is 2.16. The zero-order valence-electron chi connectivity index (χ0n) is 10.0. The van der Waals surface area contributed by atoms with Gasteiger partial charge in [0.25, 0.3) is 0 Å². The molecule has 86 valence electrons. The first-order chi connectivity index (χ1) is 7.65. The minimum Gasteiger partial charge on any atom is -0.362 e. The Morgan fingerprint density at radius 3 is 2.69 bits per heavy atom. The van der Waals surface area contributed by atoms with Gasteiger partial charge in [0, 0.05) is 26.0 Å². The molecule has 0 saturated heterocycles. The van der Waals surface area contributed by atoms with E-state index in [1.807, 2.05) is 26.0 Å². The number of thiophene rings is 1. The highest BCUT2D eigenvalue weighted by Crippen LogP contribution is 2.31. The fourth-order valence-corrected chi connectivity index (χ4v) is 2.54. The van der Waals surface area contributed by atoms with Gasteiger partial charge in [-0.25, -0.2) is 4.98 Å². The molecule has 0 radical (unpaired) electrons. The second kappa shape index (κ2) is 4.25. The van der Waals surface area contributed by atoms with Crippen LogP contribution in [0.5, 0.6) is 0 Å². The van der Waals surface area contributed by atoms with Crippen LogP contribution in [0.3, 0.4) is 0 Å². The highest BCUT2D eigenvalue weighted by atomic mass is 32.1. The van der Waals surface area contributed by atoms with Gasteiger partial charge in [-0.15, -0.1) is 11.3 Å². The second-order valence-corrected chi connectivity index (χ2v) is 4.92. The predicted molar refractivity (Wildman–Crippen MR) is 70.7 cm³/mol. The lowest BCUT2D eigenvalue weighted by molar-refractivity contribution is 1.06. The van der Waals surface area contributed by atoms with E-state index < -0.39 is 0 Å². The van der Waals surface area contributed by atoms with Crippen LogP contribution in [-0.4, -0.2) is 31.1 Å². The fraction of sp³-hybridized carbons (Fsp3) is 0.455. The number of anilines is 2. The monoisotopic (exact) mass is 236 g/mol. The Kier molecular flexibility index (Phi) is 2.96. The van der Waals surface area contributed by atoms with Crippen LogP contribution in [0.15, 0.2) is 6.07 Å². The SMILES string of the molecule is CCc1cc2c(N(C)C)nc(NC)nc2s1. The van der Waals surface area contributed by atoms with Gasteiger partial charge >= 0.3 is 0 Å². The average molecular weight is 236 g/mol. The number of nitrogens with one attached hydrogen (secondary N) is 1. The number of hydrogen-bond acceptors (Lipinski definition) is 5. The van der Waals surface area contributed by atoms with Crippen molar-refractivity contribution in [1.82, 2.24) is 9.97 Å². The minimum atomic E-state index is 0.681. The Morgan fingerprint density at radius 2 is 2.12 bits per heavy atom. The van der Waals surface area contributed by atoms with Gasteiger partial charge in [-0.2, -0.15) is 4.98 Å². The maximum atomic E-state index is 4.48. The Morgan fingerprint density at radius 1 is 1.38 bits per heavy atom. The summed E-state index contributed by atoms with van der Waals surface area (Å²) in [5, 5.41) is 4.14. The lowest BCUT2D eigenvalue weighted by atomic mass is 10.3. The molecule has 0 aliphatic rings. The molecule has 0 aliphatic heterocycles. The molecule has 2 aromatic heterocycles. The third kappa shape index (κ3) is 1.82. The number of nitrogens with zero attached hydrogens (tertiary/aromatic N) is 3. The number of fused-ring (bicyclic) bond motifs is 1. The number of aryl methyl sites for hydroxylation is 1. The first-order valence-corrected chi connectivity index (χ1v) is 6.13. The summed E-state index contributed by atoms with van der Waals surface area (Å²) in [7, 11) is 5.85. The molecule has 4 nitrogen and oxygen atoms in total. The molecule has 0 atom stereocenters. The molecular formula is C11H16N4S. The van der Waals surface area contributed by atoms with Gasteiger partial charge < -0.3 is 10.2 Å². The molecule has 5 heteroatoms. The Labute approximate surface area is 99.3 Å². The van der Waals surface area contributed by atoms with Crippen LogP contribution in [0.2, 0.25) is 0 Å². The zero-order valence-corrected chi connectivity index (χ0v) is 10.9. The van der Waals surface area contributed by atoms with E-state index in [1.54, 1.807) is 11.3 Å². The van der Waals surface area contributed by atoms with Crippen LogP contribution in [0.1, 0.15) is 11.8 Å². The molecule has 0 bridgehead atoms. The molecule has 0 unspecified atom stereocenters. The van der Waals surface area contributed by atoms with Gasteiger partial charge in [-0.3, -0.25) is 0 Å². The topological polar surface area (TPSA) is 41.1 Å². The van der Waals surface area contributed by atoms with Crippen LogP contribution in [0.4, 0.5) is 11.8 Å². The van der Waals surface area contributed by atoms with Gasteiger partial charge in [0.15, 0.2) is 0 Å². The molecule has 0 saturated carbocycles. The van der Waals surface area contributed by atoms with Gasteiger partial charge in [0.1, 0.15) is 10.6 Å². The van der Waals surface area contributed by atoms with Crippen LogP contribution >= 0.6 is 11.3 Å². The Balaban J connectivity index is 2.69. The molecule has 2 rings (SSSR count). The molecule has 0 amide bonds. The molecule has 2 aromatic rings. The summed E-state index contributed by atoms with van der Waals surface area (Å²) in [6.07, 6.45) is 1.04. The second-order valence-electron chi connectivity index (χ2n) is 3.80. The zero-order chi connectivity index (χ0) is 11.7. The van der Waals surface area contributed by atoms with Crippen molar-refractivity contribution in [2.45, 2.75) is 13.3 Å². The van der Waals surface area contributed by atoms with Crippen molar-refractivity contribution < 1.29 is 0 Å². The first-order valence-electron chi connectivity index (χ1n) is 5.31. The molecule has 2 heterocycles. The van der Waals surface area contributed by atoms with Gasteiger partial charge in [0.2, 0.25) is 5.95 Å². The van der Waals surface area contributed by atoms with E-state index in [4.69, 9.17) is 0 Å². The van der Waals surface area contributed by atoms with Crippen molar-refractivity contribution in [3.8, 4) is 0 Å². The van der Waals surface area contributed by atoms with E-state index in [0.29, 0.717) is 5.95 Å². The number of hydrogen-bond donors (Lipinski definition) is 1. The summed E-state index contributed by atoms with van der Waals surface area (Å²) in [5.41, 5.74) is 0. The van der Waals surface area contributed by atoms with Crippen molar-refractivity contribution in [2.75, 3.05) is 31.4 Å². The van der Waals surface area contributed by atoms with E-state index >= 15 is 0 Å². The van der Waals surface area contributed by atoms with E-state index in [1.165, 1.54) is 4.88 Å². The quantitative estimate of drug-likeness (QED) is 0.888. The maximum Gasteiger partial charge on any atom is 0.225 e. The fourth-order valence-electron chi connectivity index (χ4n) is 1.58. The van der Waals surface area contributed by atoms with Crippen molar-refractivity contribution >= 4 is 33.3 Å². The largest absolute Gasteiger partial charge is 0.362 e. The standard InChI is InChI=1S/C11H16N4S/c1-5-7-6-8-9(15(3)4)13-11(12-2)14-10(8)16-7/h6H,5H2,1-4H3,(H,12,13,14). The smallest absolute Gasteiger partial charge is 0.225 e. The summed E-state index contributed by atoms with van der Waals surface area (Å²) in [6, 6.07) is 2.19. The van der Waals surface area contributed by atoms with Crippen LogP contribution in [-0.2, 0) is 6.42 Å². The Bertz CT molecular complexity index is 504. The Hall–Kier alpha value is -1.36. The lowest BCUT2D eigenvalue weighted by Crippen LogP contribution is -2.12. The summed E-state index contributed by atoms with van der Waals surface area (Å²) in [5.74, 6) is 1.66. The molecule has 0 aliphatic carbocycles. The minimum absolute atomic E-state index is 0.681. The van der Waals surface area contributed by atoms with Crippen LogP contribution in [0.25, 0.3) is 10.2 Å². The normalized spacial score (nSPS) is 10.8. The van der Waals surface area contributed by atoms with Gasteiger partial charge in [0.05, 0.1) is 5.39 Å². The molecule has 16 heavy (non-hydrogen) atoms. The van der Waals surface area contributed by atoms with E-state index in [-0.39, 0.29) is 0 Å². The van der Waals surface area contributed by atoms with Crippen LogP contribution in [0, 0.1) is 0 Å². The average Bonchev–Trinajstić information content (AvgIpc) is 2.69. The maximum absolute atomic E-state index is 4.48. The van der Waals surface area contributed by atoms with Gasteiger partial charge in [-0.05, 0) is 12.5 Å². The first kappa shape index (κ1) is 11.1. The molecular weight excluding hydrogens is 220 g/mol. The third-order valence-electron chi connectivity index (χ3n) is 2.42. The highest BCUT2D eigenvalue weighted by Gasteiger charge is 2.11. The van der Waals surface area contributed by atoms with E-state index in [2.05, 4.69) is 28.3 Å². The molecule has 0 spiro atoms. The van der Waals surface area contributed by atoms with Crippen molar-refractivity contribution in [3.05, 3.63) is 10.9 Å². The molecule has 1 N–H and O–H groups in total. The van der Waals surface area contributed by atoms with Crippen molar-refractivity contribution in [2.24, 2.45) is 0 Å². The van der Waals surface area contributed by atoms with Crippen molar-refractivity contribution in [3.63, 3.8) is 0 Å². The summed E-state index contributed by atoms with van der Waals surface area (Å²) in [4.78, 5) is 13.4. The predicted octanol–water partition coefficient (Wildman–Crippen LogP) is 2.36. The van der Waals surface area contributed by atoms with Crippen molar-refractivity contribution in [1.29, 1.82) is 0 Å². The number of aromatic nitrogens is 2.